The molecule has 0 aromatic heterocycles. The van der Waals surface area contributed by atoms with Crippen LogP contribution in [0.15, 0.2) is 0 Å². The van der Waals surface area contributed by atoms with Crippen LogP contribution < -0.4 is 0 Å². The number of aliphatic hydroxyl groups excluding tert-OH is 3. The van der Waals surface area contributed by atoms with Crippen LogP contribution in [0.4, 0.5) is 0 Å². The molecule has 4 aliphatic carbocycles. The first-order valence-electron chi connectivity index (χ1n) is 12.3. The third kappa shape index (κ3) is 3.54. The molecule has 0 bridgehead atoms. The summed E-state index contributed by atoms with van der Waals surface area (Å²) in [5, 5.41) is 39.4. The molecule has 5 aliphatic rings. The largest absolute Gasteiger partial charge is 0.479 e. The Morgan fingerprint density at radius 2 is 1.72 bits per heavy atom. The molecule has 4 N–H and O–H groups in total. The number of carboxylic acid groups (broad SMARTS) is 1. The van der Waals surface area contributed by atoms with Crippen LogP contribution in [0.1, 0.15) is 64.7 Å². The summed E-state index contributed by atoms with van der Waals surface area (Å²) in [6, 6.07) is 0. The number of carboxylic acids is 1. The molecule has 0 amide bonds. The minimum Gasteiger partial charge on any atom is -0.479 e. The third-order valence-corrected chi connectivity index (χ3v) is 9.75. The minimum absolute atomic E-state index is 0.102. The summed E-state index contributed by atoms with van der Waals surface area (Å²) < 4.78 is 11.3. The Hall–Kier alpha value is -1.06. The zero-order chi connectivity index (χ0) is 22.8. The van der Waals surface area contributed by atoms with Crippen molar-refractivity contribution in [1.82, 2.24) is 0 Å². The van der Waals surface area contributed by atoms with E-state index in [1.54, 1.807) is 0 Å². The summed E-state index contributed by atoms with van der Waals surface area (Å²) in [6.07, 6.45) is 0.950. The van der Waals surface area contributed by atoms with Crippen molar-refractivity contribution in [2.45, 2.75) is 102 Å². The Morgan fingerprint density at radius 1 is 0.969 bits per heavy atom. The summed E-state index contributed by atoms with van der Waals surface area (Å²) in [4.78, 5) is 23.9. The van der Waals surface area contributed by atoms with E-state index in [0.717, 1.165) is 57.8 Å². The van der Waals surface area contributed by atoms with E-state index in [4.69, 9.17) is 9.47 Å². The fourth-order valence-electron chi connectivity index (χ4n) is 8.06. The number of carbonyl (C=O) groups excluding carboxylic acids is 1. The number of rotatable bonds is 3. The van der Waals surface area contributed by atoms with Crippen molar-refractivity contribution >= 4 is 11.8 Å². The van der Waals surface area contributed by atoms with Crippen molar-refractivity contribution in [1.29, 1.82) is 0 Å². The zero-order valence-electron chi connectivity index (χ0n) is 18.6. The molecule has 1 unspecified atom stereocenters. The summed E-state index contributed by atoms with van der Waals surface area (Å²) in [5.74, 6) is 2.08. The van der Waals surface area contributed by atoms with Crippen LogP contribution in [-0.4, -0.2) is 69.0 Å². The van der Waals surface area contributed by atoms with Crippen LogP contribution in [0, 0.1) is 35.0 Å². The van der Waals surface area contributed by atoms with E-state index in [1.807, 2.05) is 0 Å². The maximum atomic E-state index is 12.5. The van der Waals surface area contributed by atoms with Gasteiger partial charge in [-0.1, -0.05) is 6.92 Å². The monoisotopic (exact) mass is 452 g/mol. The van der Waals surface area contributed by atoms with Gasteiger partial charge < -0.3 is 29.9 Å². The predicted octanol–water partition coefficient (Wildman–Crippen LogP) is 1.49. The van der Waals surface area contributed by atoms with Gasteiger partial charge in [-0.15, -0.1) is 0 Å². The van der Waals surface area contributed by atoms with Crippen LogP contribution in [0.5, 0.6) is 0 Å². The first-order chi connectivity index (χ1) is 15.2. The van der Waals surface area contributed by atoms with Gasteiger partial charge in [0.25, 0.3) is 0 Å². The normalized spacial score (nSPS) is 53.2. The standard InChI is InChI=1S/C24H36O8/c1-24-9-8-14-13-5-3-12(10-11(13)2-4-15(14)16(24)6-7-17(24)25)31-23-20(28)18(26)19(27)21(32-23)22(29)30/h11-16,18-21,23,26-28H,2-10H2,1H3,(H,29,30)/t11-,12+,13-,14+,15+,16-,18-,19-,20+,21-,23?,24-/m0/s1. The van der Waals surface area contributed by atoms with Gasteiger partial charge in [0.2, 0.25) is 0 Å². The number of aliphatic hydroxyl groups is 3. The molecule has 8 nitrogen and oxygen atoms in total. The van der Waals surface area contributed by atoms with Crippen LogP contribution in [0.3, 0.4) is 0 Å². The summed E-state index contributed by atoms with van der Waals surface area (Å²) in [7, 11) is 0. The third-order valence-electron chi connectivity index (χ3n) is 9.75. The number of hydrogen-bond acceptors (Lipinski definition) is 7. The van der Waals surface area contributed by atoms with Crippen LogP contribution >= 0.6 is 0 Å². The van der Waals surface area contributed by atoms with E-state index in [1.165, 1.54) is 0 Å². The van der Waals surface area contributed by atoms with Crippen molar-refractivity contribution in [3.63, 3.8) is 0 Å². The maximum Gasteiger partial charge on any atom is 0.335 e. The molecule has 8 heteroatoms. The van der Waals surface area contributed by atoms with Gasteiger partial charge in [-0.25, -0.2) is 4.79 Å². The maximum absolute atomic E-state index is 12.5. The molecule has 180 valence electrons. The fourth-order valence-corrected chi connectivity index (χ4v) is 8.06. The van der Waals surface area contributed by atoms with E-state index >= 15 is 0 Å². The van der Waals surface area contributed by atoms with Gasteiger partial charge in [-0.3, -0.25) is 4.79 Å². The molecule has 5 fully saturated rings. The van der Waals surface area contributed by atoms with Gasteiger partial charge in [0.15, 0.2) is 12.4 Å². The fraction of sp³-hybridized carbons (Fsp3) is 0.917. The first-order valence-corrected chi connectivity index (χ1v) is 12.3. The molecule has 0 radical (unpaired) electrons. The highest BCUT2D eigenvalue weighted by atomic mass is 16.7. The Morgan fingerprint density at radius 3 is 2.47 bits per heavy atom. The SMILES string of the molecule is C[C@]12CC[C@H]3[C@@H](CC[C@H]4C[C@H](OC5O[C@H](C(=O)O)[C@@H](O)[C@H](O)[C@H]5O)CC[C@@H]43)[C@@H]1CCC2=O. The molecule has 4 saturated carbocycles. The predicted molar refractivity (Wildman–Crippen MR) is 111 cm³/mol. The number of ether oxygens (including phenoxy) is 2. The van der Waals surface area contributed by atoms with Gasteiger partial charge in [0.05, 0.1) is 6.10 Å². The highest BCUT2D eigenvalue weighted by Crippen LogP contribution is 2.61. The van der Waals surface area contributed by atoms with Crippen LogP contribution in [0.25, 0.3) is 0 Å². The van der Waals surface area contributed by atoms with Crippen molar-refractivity contribution in [3.8, 4) is 0 Å². The lowest BCUT2D eigenvalue weighted by atomic mass is 9.50. The molecule has 5 rings (SSSR count). The van der Waals surface area contributed by atoms with E-state index in [0.29, 0.717) is 35.4 Å². The quantitative estimate of drug-likeness (QED) is 0.473. The molecule has 0 spiro atoms. The Bertz CT molecular complexity index is 756. The molecule has 1 heterocycles. The smallest absolute Gasteiger partial charge is 0.335 e. The van der Waals surface area contributed by atoms with Gasteiger partial charge >= 0.3 is 5.97 Å². The van der Waals surface area contributed by atoms with E-state index in [-0.39, 0.29) is 11.5 Å². The molecule has 1 aliphatic heterocycles. The molecule has 1 saturated heterocycles. The summed E-state index contributed by atoms with van der Waals surface area (Å²) in [6.45, 7) is 2.20. The molecular formula is C24H36O8. The zero-order valence-corrected chi connectivity index (χ0v) is 18.6. The van der Waals surface area contributed by atoms with E-state index in [9.17, 15) is 30.0 Å². The average Bonchev–Trinajstić information content (AvgIpc) is 3.08. The lowest BCUT2D eigenvalue weighted by molar-refractivity contribution is -0.308. The molecule has 0 aromatic rings. The van der Waals surface area contributed by atoms with E-state index < -0.39 is 36.7 Å². The van der Waals surface area contributed by atoms with Crippen molar-refractivity contribution in [2.75, 3.05) is 0 Å². The number of hydrogen-bond donors (Lipinski definition) is 4. The second-order valence-corrected chi connectivity index (χ2v) is 11.2. The number of Topliss-reactive ketones (excluding diaryl/α,β-unsaturated/α-hetero) is 1. The number of carbonyl (C=O) groups is 2. The molecule has 32 heavy (non-hydrogen) atoms. The van der Waals surface area contributed by atoms with Crippen LogP contribution in [-0.2, 0) is 19.1 Å². The van der Waals surface area contributed by atoms with Gasteiger partial charge in [-0.05, 0) is 81.0 Å². The Balaban J connectivity index is 1.22. The van der Waals surface area contributed by atoms with Gasteiger partial charge in [0, 0.05) is 11.8 Å². The Labute approximate surface area is 188 Å². The van der Waals surface area contributed by atoms with Gasteiger partial charge in [-0.2, -0.15) is 0 Å². The van der Waals surface area contributed by atoms with Crippen molar-refractivity contribution < 1.29 is 39.5 Å². The number of aliphatic carboxylic acids is 1. The number of fused-ring (bicyclic) bond motifs is 5. The highest BCUT2D eigenvalue weighted by Gasteiger charge is 2.57. The lowest BCUT2D eigenvalue weighted by Crippen LogP contribution is -2.61. The number of ketones is 1. The topological polar surface area (TPSA) is 134 Å². The lowest BCUT2D eigenvalue weighted by Gasteiger charge is -2.55. The Kier molecular flexibility index (Phi) is 5.90. The van der Waals surface area contributed by atoms with Gasteiger partial charge in [0.1, 0.15) is 24.1 Å². The molecule has 0 aromatic carbocycles. The van der Waals surface area contributed by atoms with E-state index in [2.05, 4.69) is 6.92 Å². The molecular weight excluding hydrogens is 416 g/mol. The summed E-state index contributed by atoms with van der Waals surface area (Å²) in [5.41, 5.74) is -0.102. The average molecular weight is 453 g/mol. The summed E-state index contributed by atoms with van der Waals surface area (Å²) >= 11 is 0. The second kappa shape index (κ2) is 8.31. The first kappa shape index (κ1) is 22.7. The second-order valence-electron chi connectivity index (χ2n) is 11.2. The van der Waals surface area contributed by atoms with Crippen LogP contribution in [0.2, 0.25) is 0 Å². The highest BCUT2D eigenvalue weighted by molar-refractivity contribution is 5.87. The minimum atomic E-state index is -1.70. The molecule has 12 atom stereocenters. The van der Waals surface area contributed by atoms with Crippen molar-refractivity contribution in [2.24, 2.45) is 35.0 Å². The van der Waals surface area contributed by atoms with Crippen molar-refractivity contribution in [3.05, 3.63) is 0 Å².